The average molecular weight is 348 g/mol. The van der Waals surface area contributed by atoms with Crippen molar-refractivity contribution in [3.8, 4) is 11.1 Å². The van der Waals surface area contributed by atoms with Gasteiger partial charge in [-0.05, 0) is 86.7 Å². The van der Waals surface area contributed by atoms with E-state index in [4.69, 9.17) is 9.31 Å². The van der Waals surface area contributed by atoms with Gasteiger partial charge in [0.2, 0.25) is 0 Å². The number of benzene rings is 2. The predicted octanol–water partition coefficient (Wildman–Crippen LogP) is 4.70. The summed E-state index contributed by atoms with van der Waals surface area (Å²) in [5.41, 5.74) is 7.65. The Balaban J connectivity index is 1.71. The normalized spacial score (nSPS) is 20.4. The molecule has 0 saturated carbocycles. The molecule has 1 aliphatic heterocycles. The maximum absolute atomic E-state index is 6.25. The standard InChI is InChI=1S/C23H29BO2/c1-6-16-10-12-20-17(14-16)8-7-9-18-15-19(11-13-21(18)20)24-25-22(2,3)23(4,5)26-24/h10-15H,6-9H2,1-5H3. The molecule has 0 bridgehead atoms. The van der Waals surface area contributed by atoms with E-state index in [0.29, 0.717) is 0 Å². The molecule has 0 spiro atoms. The lowest BCUT2D eigenvalue weighted by Gasteiger charge is -2.32. The van der Waals surface area contributed by atoms with E-state index in [0.717, 1.165) is 24.7 Å². The first-order valence-electron chi connectivity index (χ1n) is 9.91. The highest BCUT2D eigenvalue weighted by molar-refractivity contribution is 6.62. The van der Waals surface area contributed by atoms with Gasteiger partial charge in [0, 0.05) is 0 Å². The number of fused-ring (bicyclic) bond motifs is 3. The molecule has 136 valence electrons. The van der Waals surface area contributed by atoms with Crippen molar-refractivity contribution in [1.29, 1.82) is 0 Å². The van der Waals surface area contributed by atoms with Gasteiger partial charge in [0.1, 0.15) is 0 Å². The van der Waals surface area contributed by atoms with Crippen molar-refractivity contribution in [2.24, 2.45) is 0 Å². The van der Waals surface area contributed by atoms with E-state index in [1.807, 2.05) is 0 Å². The van der Waals surface area contributed by atoms with E-state index < -0.39 is 0 Å². The molecule has 0 N–H and O–H groups in total. The topological polar surface area (TPSA) is 18.5 Å². The van der Waals surface area contributed by atoms with Gasteiger partial charge in [0.05, 0.1) is 11.2 Å². The van der Waals surface area contributed by atoms with E-state index in [1.165, 1.54) is 34.2 Å². The molecule has 0 unspecified atom stereocenters. The molecule has 4 rings (SSSR count). The van der Waals surface area contributed by atoms with Crippen molar-refractivity contribution in [1.82, 2.24) is 0 Å². The van der Waals surface area contributed by atoms with Crippen LogP contribution in [0.1, 0.15) is 57.7 Å². The van der Waals surface area contributed by atoms with Crippen LogP contribution in [0.4, 0.5) is 0 Å². The van der Waals surface area contributed by atoms with Crippen LogP contribution >= 0.6 is 0 Å². The summed E-state index contributed by atoms with van der Waals surface area (Å²) in [5.74, 6) is 0. The Morgan fingerprint density at radius 2 is 1.42 bits per heavy atom. The molecule has 2 aromatic rings. The van der Waals surface area contributed by atoms with Crippen molar-refractivity contribution >= 4 is 12.6 Å². The summed E-state index contributed by atoms with van der Waals surface area (Å²) >= 11 is 0. The predicted molar refractivity (Wildman–Crippen MR) is 109 cm³/mol. The van der Waals surface area contributed by atoms with Crippen molar-refractivity contribution in [2.45, 2.75) is 71.5 Å². The van der Waals surface area contributed by atoms with Crippen LogP contribution in [0.2, 0.25) is 0 Å². The molecule has 0 amide bonds. The molecule has 1 aliphatic carbocycles. The first-order chi connectivity index (χ1) is 12.3. The second-order valence-corrected chi connectivity index (χ2v) is 8.70. The highest BCUT2D eigenvalue weighted by atomic mass is 16.7. The molecule has 1 fully saturated rings. The Hall–Kier alpha value is -1.58. The maximum atomic E-state index is 6.25. The third-order valence-corrected chi connectivity index (χ3v) is 6.42. The van der Waals surface area contributed by atoms with Gasteiger partial charge in [0.15, 0.2) is 0 Å². The summed E-state index contributed by atoms with van der Waals surface area (Å²) < 4.78 is 12.5. The Morgan fingerprint density at radius 3 is 2.04 bits per heavy atom. The van der Waals surface area contributed by atoms with Gasteiger partial charge >= 0.3 is 7.12 Å². The highest BCUT2D eigenvalue weighted by Gasteiger charge is 2.51. The molecule has 0 radical (unpaired) electrons. The Kier molecular flexibility index (Phi) is 4.28. The van der Waals surface area contributed by atoms with Gasteiger partial charge in [-0.1, -0.05) is 43.3 Å². The van der Waals surface area contributed by atoms with E-state index in [2.05, 4.69) is 71.0 Å². The Morgan fingerprint density at radius 1 is 0.846 bits per heavy atom. The van der Waals surface area contributed by atoms with Crippen LogP contribution in [0.5, 0.6) is 0 Å². The summed E-state index contributed by atoms with van der Waals surface area (Å²) in [6.45, 7) is 10.7. The number of aryl methyl sites for hydroxylation is 3. The molecule has 26 heavy (non-hydrogen) atoms. The lowest BCUT2D eigenvalue weighted by Crippen LogP contribution is -2.41. The number of hydrogen-bond acceptors (Lipinski definition) is 2. The van der Waals surface area contributed by atoms with E-state index in [1.54, 1.807) is 0 Å². The van der Waals surface area contributed by atoms with E-state index >= 15 is 0 Å². The lowest BCUT2D eigenvalue weighted by atomic mass is 9.77. The quantitative estimate of drug-likeness (QED) is 0.732. The second-order valence-electron chi connectivity index (χ2n) is 8.70. The molecule has 0 aromatic heterocycles. The minimum absolute atomic E-state index is 0.282. The fourth-order valence-corrected chi connectivity index (χ4v) is 4.01. The maximum Gasteiger partial charge on any atom is 0.494 e. The Labute approximate surface area is 158 Å². The van der Waals surface area contributed by atoms with Gasteiger partial charge in [-0.15, -0.1) is 0 Å². The lowest BCUT2D eigenvalue weighted by molar-refractivity contribution is 0.00578. The Bertz CT molecular complexity index is 822. The molecular formula is C23H29BO2. The molecule has 3 heteroatoms. The van der Waals surface area contributed by atoms with Gasteiger partial charge in [-0.3, -0.25) is 0 Å². The molecule has 2 aromatic carbocycles. The molecular weight excluding hydrogens is 319 g/mol. The third-order valence-electron chi connectivity index (χ3n) is 6.42. The SMILES string of the molecule is CCc1ccc2c(c1)CCCc1cc(B3OC(C)(C)C(C)(C)O3)ccc1-2. The average Bonchev–Trinajstić information content (AvgIpc) is 2.73. The van der Waals surface area contributed by atoms with Crippen LogP contribution in [-0.4, -0.2) is 18.3 Å². The summed E-state index contributed by atoms with van der Waals surface area (Å²) in [4.78, 5) is 0. The van der Waals surface area contributed by atoms with Gasteiger partial charge in [-0.2, -0.15) is 0 Å². The number of rotatable bonds is 2. The smallest absolute Gasteiger partial charge is 0.399 e. The monoisotopic (exact) mass is 348 g/mol. The molecule has 0 atom stereocenters. The summed E-state index contributed by atoms with van der Waals surface area (Å²) in [6.07, 6.45) is 4.56. The first kappa shape index (κ1) is 17.8. The fourth-order valence-electron chi connectivity index (χ4n) is 4.01. The molecule has 2 aliphatic rings. The molecule has 2 nitrogen and oxygen atoms in total. The minimum Gasteiger partial charge on any atom is -0.399 e. The summed E-state index contributed by atoms with van der Waals surface area (Å²) in [6, 6.07) is 13.7. The van der Waals surface area contributed by atoms with Crippen LogP contribution in [0.15, 0.2) is 36.4 Å². The highest BCUT2D eigenvalue weighted by Crippen LogP contribution is 2.37. The largest absolute Gasteiger partial charge is 0.494 e. The third kappa shape index (κ3) is 2.91. The van der Waals surface area contributed by atoms with Crippen LogP contribution in [0, 0.1) is 0 Å². The molecule has 1 saturated heterocycles. The second kappa shape index (κ2) is 6.25. The van der Waals surface area contributed by atoms with Crippen LogP contribution < -0.4 is 5.46 Å². The van der Waals surface area contributed by atoms with Gasteiger partial charge in [0.25, 0.3) is 0 Å². The zero-order chi connectivity index (χ0) is 18.5. The van der Waals surface area contributed by atoms with Crippen LogP contribution in [0.3, 0.4) is 0 Å². The van der Waals surface area contributed by atoms with E-state index in [-0.39, 0.29) is 18.3 Å². The van der Waals surface area contributed by atoms with E-state index in [9.17, 15) is 0 Å². The van der Waals surface area contributed by atoms with Gasteiger partial charge in [-0.25, -0.2) is 0 Å². The van der Waals surface area contributed by atoms with Crippen molar-refractivity contribution in [3.05, 3.63) is 53.1 Å². The summed E-state index contributed by atoms with van der Waals surface area (Å²) in [7, 11) is -0.282. The minimum atomic E-state index is -0.298. The van der Waals surface area contributed by atoms with Crippen molar-refractivity contribution in [2.75, 3.05) is 0 Å². The number of hydrogen-bond donors (Lipinski definition) is 0. The fraction of sp³-hybridized carbons (Fsp3) is 0.478. The first-order valence-corrected chi connectivity index (χ1v) is 9.91. The van der Waals surface area contributed by atoms with Crippen LogP contribution in [0.25, 0.3) is 11.1 Å². The molecule has 1 heterocycles. The van der Waals surface area contributed by atoms with Gasteiger partial charge < -0.3 is 9.31 Å². The van der Waals surface area contributed by atoms with Crippen LogP contribution in [-0.2, 0) is 28.6 Å². The summed E-state index contributed by atoms with van der Waals surface area (Å²) in [5, 5.41) is 0. The zero-order valence-corrected chi connectivity index (χ0v) is 16.7. The van der Waals surface area contributed by atoms with Crippen molar-refractivity contribution in [3.63, 3.8) is 0 Å². The zero-order valence-electron chi connectivity index (χ0n) is 16.7. The van der Waals surface area contributed by atoms with Crippen molar-refractivity contribution < 1.29 is 9.31 Å².